The number of nitrogens with zero attached hydrogens (tertiary/aromatic N) is 1. The first kappa shape index (κ1) is 11.0. The fraction of sp³-hybridized carbons (Fsp3) is 0.727. The van der Waals surface area contributed by atoms with Crippen molar-refractivity contribution in [2.24, 2.45) is 11.1 Å². The maximum atomic E-state index is 10.4. The summed E-state index contributed by atoms with van der Waals surface area (Å²) < 4.78 is 0. The van der Waals surface area contributed by atoms with E-state index in [0.717, 1.165) is 17.7 Å². The average molecular weight is 226 g/mol. The largest absolute Gasteiger partial charge is 0.387 e. The van der Waals surface area contributed by atoms with Gasteiger partial charge in [0, 0.05) is 18.2 Å². The lowest BCUT2D eigenvalue weighted by Gasteiger charge is -2.39. The Bertz CT molecular complexity index is 294. The summed E-state index contributed by atoms with van der Waals surface area (Å²) in [5, 5.41) is 10.4. The first-order valence-electron chi connectivity index (χ1n) is 5.55. The van der Waals surface area contributed by atoms with Crippen molar-refractivity contribution in [2.75, 3.05) is 6.54 Å². The smallest absolute Gasteiger partial charge is 0.0966 e. The molecule has 1 atom stereocenters. The van der Waals surface area contributed by atoms with Crippen LogP contribution in [0.4, 0.5) is 0 Å². The van der Waals surface area contributed by atoms with Gasteiger partial charge >= 0.3 is 0 Å². The molecule has 0 radical (unpaired) electrons. The Kier molecular flexibility index (Phi) is 3.38. The van der Waals surface area contributed by atoms with Gasteiger partial charge in [-0.15, -0.1) is 11.3 Å². The number of thiazole rings is 1. The molecule has 0 amide bonds. The standard InChI is InChI=1S/C11H18N2OS/c12-7-11(4-2-1-3-5-11)10(14)9-6-13-8-15-9/h6,8,10,14H,1-5,7,12H2. The van der Waals surface area contributed by atoms with Gasteiger partial charge in [0.25, 0.3) is 0 Å². The zero-order chi connectivity index (χ0) is 10.7. The Morgan fingerprint density at radius 1 is 1.47 bits per heavy atom. The van der Waals surface area contributed by atoms with E-state index in [9.17, 15) is 5.11 Å². The highest BCUT2D eigenvalue weighted by Gasteiger charge is 2.39. The summed E-state index contributed by atoms with van der Waals surface area (Å²) in [6.45, 7) is 0.575. The van der Waals surface area contributed by atoms with E-state index in [1.165, 1.54) is 30.6 Å². The molecule has 0 spiro atoms. The molecule has 2 rings (SSSR count). The SMILES string of the molecule is NCC1(C(O)c2cncs2)CCCCC1. The molecule has 0 bridgehead atoms. The quantitative estimate of drug-likeness (QED) is 0.829. The molecule has 84 valence electrons. The van der Waals surface area contributed by atoms with Crippen molar-refractivity contribution in [1.29, 1.82) is 0 Å². The molecule has 4 heteroatoms. The van der Waals surface area contributed by atoms with Crippen LogP contribution in [-0.4, -0.2) is 16.6 Å². The maximum Gasteiger partial charge on any atom is 0.0966 e. The average Bonchev–Trinajstić information content (AvgIpc) is 2.82. The summed E-state index contributed by atoms with van der Waals surface area (Å²) in [6, 6.07) is 0. The summed E-state index contributed by atoms with van der Waals surface area (Å²) in [4.78, 5) is 4.98. The van der Waals surface area contributed by atoms with Crippen LogP contribution in [0.2, 0.25) is 0 Å². The van der Waals surface area contributed by atoms with E-state index in [-0.39, 0.29) is 5.41 Å². The van der Waals surface area contributed by atoms with Crippen LogP contribution in [0, 0.1) is 5.41 Å². The predicted octanol–water partition coefficient (Wildman–Crippen LogP) is 2.09. The van der Waals surface area contributed by atoms with Crippen molar-refractivity contribution >= 4 is 11.3 Å². The Morgan fingerprint density at radius 3 is 2.73 bits per heavy atom. The lowest BCUT2D eigenvalue weighted by Crippen LogP contribution is -2.38. The van der Waals surface area contributed by atoms with Crippen molar-refractivity contribution < 1.29 is 5.11 Å². The van der Waals surface area contributed by atoms with Crippen molar-refractivity contribution in [3.8, 4) is 0 Å². The number of aromatic nitrogens is 1. The molecule has 1 saturated carbocycles. The fourth-order valence-corrected chi connectivity index (χ4v) is 3.25. The summed E-state index contributed by atoms with van der Waals surface area (Å²) in [5.74, 6) is 0. The topological polar surface area (TPSA) is 59.1 Å². The number of aliphatic hydroxyl groups is 1. The first-order chi connectivity index (χ1) is 7.28. The number of aliphatic hydroxyl groups excluding tert-OH is 1. The number of nitrogens with two attached hydrogens (primary N) is 1. The van der Waals surface area contributed by atoms with E-state index < -0.39 is 6.10 Å². The highest BCUT2D eigenvalue weighted by atomic mass is 32.1. The Hall–Kier alpha value is -0.450. The van der Waals surface area contributed by atoms with Gasteiger partial charge in [0.2, 0.25) is 0 Å². The van der Waals surface area contributed by atoms with E-state index in [4.69, 9.17) is 5.73 Å². The van der Waals surface area contributed by atoms with Gasteiger partial charge in [0.1, 0.15) is 0 Å². The van der Waals surface area contributed by atoms with Crippen molar-refractivity contribution in [3.05, 3.63) is 16.6 Å². The summed E-state index contributed by atoms with van der Waals surface area (Å²) in [6.07, 6.45) is 7.08. The molecule has 1 unspecified atom stereocenters. The minimum atomic E-state index is -0.421. The van der Waals surface area contributed by atoms with Crippen LogP contribution in [0.5, 0.6) is 0 Å². The van der Waals surface area contributed by atoms with Crippen LogP contribution >= 0.6 is 11.3 Å². The third kappa shape index (κ3) is 2.07. The van der Waals surface area contributed by atoms with Crippen molar-refractivity contribution in [2.45, 2.75) is 38.2 Å². The Labute approximate surface area is 94.3 Å². The minimum absolute atomic E-state index is 0.0925. The van der Waals surface area contributed by atoms with Crippen LogP contribution in [-0.2, 0) is 0 Å². The summed E-state index contributed by atoms with van der Waals surface area (Å²) >= 11 is 1.52. The third-order valence-corrected chi connectivity index (χ3v) is 4.38. The third-order valence-electron chi connectivity index (χ3n) is 3.56. The molecule has 0 aromatic carbocycles. The second-order valence-electron chi connectivity index (χ2n) is 4.43. The van der Waals surface area contributed by atoms with Gasteiger partial charge in [-0.2, -0.15) is 0 Å². The van der Waals surface area contributed by atoms with Gasteiger partial charge in [0.15, 0.2) is 0 Å². The molecular weight excluding hydrogens is 208 g/mol. The van der Waals surface area contributed by atoms with Crippen molar-refractivity contribution in [1.82, 2.24) is 4.98 Å². The Balaban J connectivity index is 2.18. The lowest BCUT2D eigenvalue weighted by molar-refractivity contribution is 0.00299. The van der Waals surface area contributed by atoms with Crippen molar-refractivity contribution in [3.63, 3.8) is 0 Å². The molecule has 1 heterocycles. The zero-order valence-corrected chi connectivity index (χ0v) is 9.67. The number of hydrogen-bond donors (Lipinski definition) is 2. The molecule has 15 heavy (non-hydrogen) atoms. The van der Waals surface area contributed by atoms with E-state index in [1.54, 1.807) is 11.7 Å². The van der Waals surface area contributed by atoms with E-state index in [1.807, 2.05) is 0 Å². The van der Waals surface area contributed by atoms with Crippen LogP contribution in [0.15, 0.2) is 11.7 Å². The molecule has 0 aliphatic heterocycles. The van der Waals surface area contributed by atoms with Gasteiger partial charge < -0.3 is 10.8 Å². The molecule has 3 N–H and O–H groups in total. The molecule has 1 fully saturated rings. The van der Waals surface area contributed by atoms with E-state index >= 15 is 0 Å². The van der Waals surface area contributed by atoms with Gasteiger partial charge in [0.05, 0.1) is 16.5 Å². The lowest BCUT2D eigenvalue weighted by atomic mass is 9.70. The highest BCUT2D eigenvalue weighted by molar-refractivity contribution is 7.09. The first-order valence-corrected chi connectivity index (χ1v) is 6.43. The maximum absolute atomic E-state index is 10.4. The fourth-order valence-electron chi connectivity index (χ4n) is 2.51. The number of rotatable bonds is 3. The molecule has 0 saturated heterocycles. The zero-order valence-electron chi connectivity index (χ0n) is 8.85. The monoisotopic (exact) mass is 226 g/mol. The highest BCUT2D eigenvalue weighted by Crippen LogP contribution is 2.45. The second kappa shape index (κ2) is 4.60. The van der Waals surface area contributed by atoms with Gasteiger partial charge in [-0.25, -0.2) is 0 Å². The normalized spacial score (nSPS) is 22.5. The second-order valence-corrected chi connectivity index (χ2v) is 5.35. The molecule has 1 aliphatic carbocycles. The van der Waals surface area contributed by atoms with Gasteiger partial charge in [-0.3, -0.25) is 4.98 Å². The van der Waals surface area contributed by atoms with Crippen LogP contribution < -0.4 is 5.73 Å². The Morgan fingerprint density at radius 2 is 2.20 bits per heavy atom. The molecule has 1 aromatic rings. The van der Waals surface area contributed by atoms with Crippen LogP contribution in [0.25, 0.3) is 0 Å². The van der Waals surface area contributed by atoms with Gasteiger partial charge in [-0.05, 0) is 12.8 Å². The molecule has 1 aliphatic rings. The molecule has 1 aromatic heterocycles. The minimum Gasteiger partial charge on any atom is -0.387 e. The summed E-state index contributed by atoms with van der Waals surface area (Å²) in [7, 11) is 0. The number of hydrogen-bond acceptors (Lipinski definition) is 4. The van der Waals surface area contributed by atoms with E-state index in [2.05, 4.69) is 4.98 Å². The van der Waals surface area contributed by atoms with Crippen LogP contribution in [0.3, 0.4) is 0 Å². The molecular formula is C11H18N2OS. The van der Waals surface area contributed by atoms with Crippen LogP contribution in [0.1, 0.15) is 43.1 Å². The predicted molar refractivity (Wildman–Crippen MR) is 61.6 cm³/mol. The van der Waals surface area contributed by atoms with Gasteiger partial charge in [-0.1, -0.05) is 19.3 Å². The summed E-state index contributed by atoms with van der Waals surface area (Å²) in [5.41, 5.74) is 7.55. The van der Waals surface area contributed by atoms with E-state index in [0.29, 0.717) is 6.54 Å². The molecule has 3 nitrogen and oxygen atoms in total.